The lowest BCUT2D eigenvalue weighted by atomic mass is 10.1. The van der Waals surface area contributed by atoms with Gasteiger partial charge in [-0.3, -0.25) is 0 Å². The Bertz CT molecular complexity index is 773. The van der Waals surface area contributed by atoms with Crippen molar-refractivity contribution >= 4 is 46.3 Å². The van der Waals surface area contributed by atoms with E-state index in [0.717, 1.165) is 5.69 Å². The second-order valence-electron chi connectivity index (χ2n) is 5.45. The maximum atomic E-state index is 5.99. The minimum Gasteiger partial charge on any atom is -0.339 e. The lowest BCUT2D eigenvalue weighted by Gasteiger charge is -2.09. The fourth-order valence-electron chi connectivity index (χ4n) is 2.37. The summed E-state index contributed by atoms with van der Waals surface area (Å²) < 4.78 is 0. The number of anilines is 4. The number of aryl methyl sites for hydroxylation is 2. The number of benzene rings is 2. The van der Waals surface area contributed by atoms with Gasteiger partial charge in [-0.15, -0.1) is 5.10 Å². The first kappa shape index (κ1) is 16.5. The van der Waals surface area contributed by atoms with Gasteiger partial charge < -0.3 is 10.6 Å². The zero-order valence-corrected chi connectivity index (χ0v) is 14.7. The molecule has 1 heterocycles. The highest BCUT2D eigenvalue weighted by atomic mass is 35.5. The Labute approximate surface area is 150 Å². The van der Waals surface area contributed by atoms with E-state index >= 15 is 0 Å². The molecule has 0 aliphatic carbocycles. The molecule has 5 nitrogen and oxygen atoms in total. The SMILES string of the molecule is Cc1cc(C)cc(Nc2cnnc(Nc3cc(Cl)cc(Cl)c3)n2)c1. The smallest absolute Gasteiger partial charge is 0.249 e. The Morgan fingerprint density at radius 3 is 2.08 bits per heavy atom. The lowest BCUT2D eigenvalue weighted by molar-refractivity contribution is 0.982. The minimum absolute atomic E-state index is 0.350. The van der Waals surface area contributed by atoms with E-state index in [0.29, 0.717) is 27.5 Å². The molecule has 2 N–H and O–H groups in total. The third-order valence-corrected chi connectivity index (χ3v) is 3.61. The monoisotopic (exact) mass is 359 g/mol. The van der Waals surface area contributed by atoms with Crippen LogP contribution in [0.2, 0.25) is 10.0 Å². The van der Waals surface area contributed by atoms with Gasteiger partial charge in [-0.2, -0.15) is 10.1 Å². The lowest BCUT2D eigenvalue weighted by Crippen LogP contribution is -2.02. The third-order valence-electron chi connectivity index (χ3n) is 3.17. The molecule has 0 bridgehead atoms. The molecule has 1 aromatic heterocycles. The number of nitrogens with zero attached hydrogens (tertiary/aromatic N) is 3. The molecular formula is C17H15Cl2N5. The van der Waals surface area contributed by atoms with Gasteiger partial charge in [0.25, 0.3) is 0 Å². The zero-order valence-electron chi connectivity index (χ0n) is 13.1. The minimum atomic E-state index is 0.350. The van der Waals surface area contributed by atoms with Gasteiger partial charge in [0.05, 0.1) is 6.20 Å². The van der Waals surface area contributed by atoms with Crippen molar-refractivity contribution in [3.8, 4) is 0 Å². The van der Waals surface area contributed by atoms with E-state index in [-0.39, 0.29) is 0 Å². The fourth-order valence-corrected chi connectivity index (χ4v) is 2.89. The molecule has 0 fully saturated rings. The number of halogens is 2. The summed E-state index contributed by atoms with van der Waals surface area (Å²) in [6.07, 6.45) is 1.56. The molecule has 2 aromatic carbocycles. The predicted octanol–water partition coefficient (Wildman–Crippen LogP) is 5.28. The van der Waals surface area contributed by atoms with Crippen LogP contribution in [-0.2, 0) is 0 Å². The van der Waals surface area contributed by atoms with Crippen molar-refractivity contribution in [2.45, 2.75) is 13.8 Å². The van der Waals surface area contributed by atoms with Crippen LogP contribution in [0, 0.1) is 13.8 Å². The number of aromatic nitrogens is 3. The highest BCUT2D eigenvalue weighted by molar-refractivity contribution is 6.35. The molecule has 0 aliphatic heterocycles. The van der Waals surface area contributed by atoms with Crippen molar-refractivity contribution in [3.63, 3.8) is 0 Å². The summed E-state index contributed by atoms with van der Waals surface area (Å²) in [6.45, 7) is 4.10. The van der Waals surface area contributed by atoms with Crippen LogP contribution in [0.25, 0.3) is 0 Å². The van der Waals surface area contributed by atoms with Crippen molar-refractivity contribution in [2.75, 3.05) is 10.6 Å². The molecule has 24 heavy (non-hydrogen) atoms. The average Bonchev–Trinajstić information content (AvgIpc) is 2.45. The summed E-state index contributed by atoms with van der Waals surface area (Å²) in [5, 5.41) is 15.3. The Kier molecular flexibility index (Phi) is 4.83. The van der Waals surface area contributed by atoms with Crippen LogP contribution in [0.15, 0.2) is 42.6 Å². The molecule has 3 rings (SSSR count). The van der Waals surface area contributed by atoms with Gasteiger partial charge in [-0.25, -0.2) is 0 Å². The maximum Gasteiger partial charge on any atom is 0.249 e. The molecule has 0 amide bonds. The summed E-state index contributed by atoms with van der Waals surface area (Å²) in [5.74, 6) is 0.938. The van der Waals surface area contributed by atoms with Gasteiger partial charge in [0.2, 0.25) is 5.95 Å². The van der Waals surface area contributed by atoms with Crippen molar-refractivity contribution in [1.82, 2.24) is 15.2 Å². The molecule has 0 saturated carbocycles. The van der Waals surface area contributed by atoms with E-state index in [1.54, 1.807) is 24.4 Å². The molecule has 7 heteroatoms. The van der Waals surface area contributed by atoms with Crippen molar-refractivity contribution in [1.29, 1.82) is 0 Å². The van der Waals surface area contributed by atoms with Crippen molar-refractivity contribution in [2.24, 2.45) is 0 Å². The van der Waals surface area contributed by atoms with Gasteiger partial charge >= 0.3 is 0 Å². The number of hydrogen-bond donors (Lipinski definition) is 2. The van der Waals surface area contributed by atoms with Gasteiger partial charge in [0.1, 0.15) is 0 Å². The summed E-state index contributed by atoms with van der Waals surface area (Å²) in [4.78, 5) is 4.40. The Balaban J connectivity index is 1.81. The van der Waals surface area contributed by atoms with E-state index in [9.17, 15) is 0 Å². The third kappa shape index (κ3) is 4.34. The summed E-state index contributed by atoms with van der Waals surface area (Å²) >= 11 is 12.0. The largest absolute Gasteiger partial charge is 0.339 e. The second kappa shape index (κ2) is 7.03. The Morgan fingerprint density at radius 1 is 0.792 bits per heavy atom. The molecule has 0 aliphatic rings. The van der Waals surface area contributed by atoms with Gasteiger partial charge in [-0.1, -0.05) is 29.3 Å². The number of rotatable bonds is 4. The van der Waals surface area contributed by atoms with Crippen molar-refractivity contribution in [3.05, 3.63) is 63.8 Å². The number of hydrogen-bond acceptors (Lipinski definition) is 5. The van der Waals surface area contributed by atoms with Crippen molar-refractivity contribution < 1.29 is 0 Å². The molecule has 3 aromatic rings. The molecule has 122 valence electrons. The highest BCUT2D eigenvalue weighted by Gasteiger charge is 2.04. The van der Waals surface area contributed by atoms with Crippen LogP contribution < -0.4 is 10.6 Å². The van der Waals surface area contributed by atoms with Crippen LogP contribution in [0.1, 0.15) is 11.1 Å². The zero-order chi connectivity index (χ0) is 17.1. The fraction of sp³-hybridized carbons (Fsp3) is 0.118. The van der Waals surface area contributed by atoms with Crippen LogP contribution in [0.5, 0.6) is 0 Å². The van der Waals surface area contributed by atoms with E-state index in [1.165, 1.54) is 11.1 Å². The van der Waals surface area contributed by atoms with E-state index in [2.05, 4.69) is 31.9 Å². The molecule has 0 saturated heterocycles. The first-order valence-electron chi connectivity index (χ1n) is 7.26. The number of nitrogens with one attached hydrogen (secondary N) is 2. The highest BCUT2D eigenvalue weighted by Crippen LogP contribution is 2.24. The van der Waals surface area contributed by atoms with Crippen LogP contribution >= 0.6 is 23.2 Å². The normalized spacial score (nSPS) is 10.5. The standard InChI is InChI=1S/C17H15Cl2N5/c1-10-3-11(2)5-14(4-10)21-16-9-20-24-17(23-16)22-15-7-12(18)6-13(19)8-15/h3-9H,1-2H3,(H2,21,22,23,24). The topological polar surface area (TPSA) is 62.7 Å². The molecular weight excluding hydrogens is 345 g/mol. The molecule has 0 spiro atoms. The summed E-state index contributed by atoms with van der Waals surface area (Å²) in [6, 6.07) is 11.3. The Morgan fingerprint density at radius 2 is 1.42 bits per heavy atom. The maximum absolute atomic E-state index is 5.99. The molecule has 0 atom stereocenters. The van der Waals surface area contributed by atoms with Gasteiger partial charge in [-0.05, 0) is 55.3 Å². The predicted molar refractivity (Wildman–Crippen MR) is 98.8 cm³/mol. The average molecular weight is 360 g/mol. The first-order valence-corrected chi connectivity index (χ1v) is 8.02. The summed E-state index contributed by atoms with van der Waals surface area (Å²) in [5.41, 5.74) is 3.99. The Hall–Kier alpha value is -2.37. The quantitative estimate of drug-likeness (QED) is 0.663. The van der Waals surface area contributed by atoms with Crippen LogP contribution in [0.3, 0.4) is 0 Å². The molecule has 0 unspecified atom stereocenters. The van der Waals surface area contributed by atoms with E-state index < -0.39 is 0 Å². The van der Waals surface area contributed by atoms with Gasteiger partial charge in [0, 0.05) is 21.4 Å². The molecule has 0 radical (unpaired) electrons. The second-order valence-corrected chi connectivity index (χ2v) is 6.32. The van der Waals surface area contributed by atoms with E-state index in [1.807, 2.05) is 26.0 Å². The first-order chi connectivity index (χ1) is 11.5. The van der Waals surface area contributed by atoms with Gasteiger partial charge in [0.15, 0.2) is 5.82 Å². The van der Waals surface area contributed by atoms with E-state index in [4.69, 9.17) is 23.2 Å². The van der Waals surface area contributed by atoms with Crippen LogP contribution in [0.4, 0.5) is 23.1 Å². The van der Waals surface area contributed by atoms with Crippen LogP contribution in [-0.4, -0.2) is 15.2 Å². The summed E-state index contributed by atoms with van der Waals surface area (Å²) in [7, 11) is 0.